The van der Waals surface area contributed by atoms with E-state index in [1.54, 1.807) is 12.1 Å². The number of carbonyl (C=O) groups is 1. The lowest BCUT2D eigenvalue weighted by Gasteiger charge is -2.06. The Bertz CT molecular complexity index is 426. The molecule has 0 unspecified atom stereocenters. The zero-order valence-electron chi connectivity index (χ0n) is 6.99. The molecular formula is C9H6BrNO2S. The van der Waals surface area contributed by atoms with Crippen molar-refractivity contribution >= 4 is 34.5 Å². The number of nitriles is 1. The molecule has 5 heteroatoms. The van der Waals surface area contributed by atoms with Crippen molar-refractivity contribution in [3.05, 3.63) is 28.8 Å². The summed E-state index contributed by atoms with van der Waals surface area (Å²) in [5, 5.41) is 18.1. The van der Waals surface area contributed by atoms with E-state index >= 15 is 0 Å². The molecular weight excluding hydrogens is 266 g/mol. The summed E-state index contributed by atoms with van der Waals surface area (Å²) in [7, 11) is 0. The molecule has 0 spiro atoms. The van der Waals surface area contributed by atoms with Gasteiger partial charge in [0.15, 0.2) is 0 Å². The summed E-state index contributed by atoms with van der Waals surface area (Å²) in [4.78, 5) is 11.3. The van der Waals surface area contributed by atoms with E-state index < -0.39 is 5.97 Å². The van der Waals surface area contributed by atoms with Crippen molar-refractivity contribution in [1.29, 1.82) is 5.26 Å². The minimum absolute atomic E-state index is 0.0249. The third-order valence-electron chi connectivity index (χ3n) is 1.74. The van der Waals surface area contributed by atoms with Crippen LogP contribution in [0.4, 0.5) is 0 Å². The predicted molar refractivity (Wildman–Crippen MR) is 58.0 cm³/mol. The van der Waals surface area contributed by atoms with Crippen molar-refractivity contribution < 1.29 is 9.90 Å². The predicted octanol–water partition coefficient (Wildman–Crippen LogP) is 2.44. The Morgan fingerprint density at radius 3 is 2.71 bits per heavy atom. The van der Waals surface area contributed by atoms with Gasteiger partial charge >= 0.3 is 5.97 Å². The van der Waals surface area contributed by atoms with E-state index in [0.717, 1.165) is 0 Å². The van der Waals surface area contributed by atoms with Crippen LogP contribution in [0.1, 0.15) is 21.5 Å². The van der Waals surface area contributed by atoms with Gasteiger partial charge in [-0.3, -0.25) is 0 Å². The molecule has 1 N–H and O–H groups in total. The number of aromatic carboxylic acids is 1. The van der Waals surface area contributed by atoms with Crippen LogP contribution in [0.15, 0.2) is 17.0 Å². The molecule has 0 amide bonds. The zero-order valence-corrected chi connectivity index (χ0v) is 9.47. The number of carboxylic acid groups (broad SMARTS) is 1. The molecule has 0 fully saturated rings. The third-order valence-corrected chi connectivity index (χ3v) is 2.72. The van der Waals surface area contributed by atoms with E-state index in [2.05, 4.69) is 28.6 Å². The summed E-state index contributed by atoms with van der Waals surface area (Å²) >= 11 is 7.19. The Morgan fingerprint density at radius 2 is 2.29 bits per heavy atom. The first-order valence-corrected chi connectivity index (χ1v) is 5.23. The van der Waals surface area contributed by atoms with Gasteiger partial charge < -0.3 is 5.11 Å². The van der Waals surface area contributed by atoms with Crippen LogP contribution < -0.4 is 0 Å². The molecule has 0 heterocycles. The van der Waals surface area contributed by atoms with Crippen LogP contribution >= 0.6 is 28.6 Å². The smallest absolute Gasteiger partial charge is 0.337 e. The fourth-order valence-electron chi connectivity index (χ4n) is 1.10. The summed E-state index contributed by atoms with van der Waals surface area (Å²) in [6.45, 7) is 0. The number of benzene rings is 1. The highest BCUT2D eigenvalue weighted by atomic mass is 79.9. The highest BCUT2D eigenvalue weighted by Gasteiger charge is 2.16. The molecule has 0 aliphatic heterocycles. The second-order valence-corrected chi connectivity index (χ2v) is 3.59. The summed E-state index contributed by atoms with van der Waals surface area (Å²) in [6, 6.07) is 5.10. The molecule has 0 radical (unpaired) electrons. The number of hydrogen-bond acceptors (Lipinski definition) is 3. The van der Waals surface area contributed by atoms with Gasteiger partial charge in [-0.15, -0.1) is 12.6 Å². The molecule has 1 rings (SSSR count). The standard InChI is InChI=1S/C9H6BrNO2S/c10-3-5-1-2-7(14)6(4-11)8(5)9(12)13/h1-2,14H,3H2,(H,12,13). The van der Waals surface area contributed by atoms with Gasteiger partial charge in [0.2, 0.25) is 0 Å². The highest BCUT2D eigenvalue weighted by molar-refractivity contribution is 9.08. The number of thiol groups is 1. The van der Waals surface area contributed by atoms with Crippen molar-refractivity contribution in [2.24, 2.45) is 0 Å². The SMILES string of the molecule is N#Cc1c(S)ccc(CBr)c1C(=O)O. The van der Waals surface area contributed by atoms with Crippen molar-refractivity contribution in [2.75, 3.05) is 0 Å². The summed E-state index contributed by atoms with van der Waals surface area (Å²) in [6.07, 6.45) is 0. The number of carboxylic acids is 1. The summed E-state index contributed by atoms with van der Waals surface area (Å²) in [5.41, 5.74) is 0.710. The van der Waals surface area contributed by atoms with Gasteiger partial charge in [-0.1, -0.05) is 22.0 Å². The lowest BCUT2D eigenvalue weighted by molar-refractivity contribution is 0.0695. The van der Waals surface area contributed by atoms with Gasteiger partial charge in [0.1, 0.15) is 6.07 Å². The van der Waals surface area contributed by atoms with Crippen LogP contribution in [0.3, 0.4) is 0 Å². The van der Waals surface area contributed by atoms with Gasteiger partial charge in [-0.2, -0.15) is 5.26 Å². The Balaban J connectivity index is 3.54. The average Bonchev–Trinajstić information content (AvgIpc) is 2.17. The Morgan fingerprint density at radius 1 is 1.64 bits per heavy atom. The summed E-state index contributed by atoms with van der Waals surface area (Å²) < 4.78 is 0. The second kappa shape index (κ2) is 4.49. The maximum atomic E-state index is 10.9. The third kappa shape index (κ3) is 1.91. The molecule has 0 atom stereocenters. The molecule has 1 aromatic rings. The first-order chi connectivity index (χ1) is 6.61. The van der Waals surface area contributed by atoms with Crippen LogP contribution in [0.5, 0.6) is 0 Å². The van der Waals surface area contributed by atoms with E-state index in [9.17, 15) is 4.79 Å². The lowest BCUT2D eigenvalue weighted by Crippen LogP contribution is -2.05. The normalized spacial score (nSPS) is 9.50. The summed E-state index contributed by atoms with van der Waals surface area (Å²) in [5.74, 6) is -1.10. The number of nitrogens with zero attached hydrogens (tertiary/aromatic N) is 1. The first kappa shape index (κ1) is 11.1. The first-order valence-electron chi connectivity index (χ1n) is 3.66. The number of halogens is 1. The largest absolute Gasteiger partial charge is 0.478 e. The van der Waals surface area contributed by atoms with Gasteiger partial charge in [0.25, 0.3) is 0 Å². The minimum atomic E-state index is -1.10. The van der Waals surface area contributed by atoms with Crippen LogP contribution in [-0.2, 0) is 5.33 Å². The molecule has 14 heavy (non-hydrogen) atoms. The zero-order chi connectivity index (χ0) is 10.7. The second-order valence-electron chi connectivity index (χ2n) is 2.54. The fraction of sp³-hybridized carbons (Fsp3) is 0.111. The van der Waals surface area contributed by atoms with Crippen molar-refractivity contribution in [2.45, 2.75) is 10.2 Å². The maximum absolute atomic E-state index is 10.9. The van der Waals surface area contributed by atoms with Crippen molar-refractivity contribution in [1.82, 2.24) is 0 Å². The Kier molecular flexibility index (Phi) is 3.55. The van der Waals surface area contributed by atoms with E-state index in [1.165, 1.54) is 0 Å². The Hall–Kier alpha value is -0.990. The number of rotatable bonds is 2. The average molecular weight is 272 g/mol. The molecule has 0 aliphatic rings. The van der Waals surface area contributed by atoms with E-state index in [0.29, 0.717) is 15.8 Å². The topological polar surface area (TPSA) is 61.1 Å². The van der Waals surface area contributed by atoms with Crippen molar-refractivity contribution in [3.8, 4) is 6.07 Å². The molecule has 72 valence electrons. The maximum Gasteiger partial charge on any atom is 0.337 e. The Labute approximate surface area is 94.9 Å². The monoisotopic (exact) mass is 271 g/mol. The minimum Gasteiger partial charge on any atom is -0.478 e. The number of hydrogen-bond donors (Lipinski definition) is 2. The lowest BCUT2D eigenvalue weighted by atomic mass is 10.0. The van der Waals surface area contributed by atoms with Crippen molar-refractivity contribution in [3.63, 3.8) is 0 Å². The molecule has 1 aromatic carbocycles. The molecule has 0 aromatic heterocycles. The van der Waals surface area contributed by atoms with Gasteiger partial charge in [-0.25, -0.2) is 4.79 Å². The van der Waals surface area contributed by atoms with Gasteiger partial charge in [0, 0.05) is 10.2 Å². The fourth-order valence-corrected chi connectivity index (χ4v) is 1.81. The van der Waals surface area contributed by atoms with Crippen LogP contribution in [-0.4, -0.2) is 11.1 Å². The van der Waals surface area contributed by atoms with Gasteiger partial charge in [-0.05, 0) is 11.6 Å². The molecule has 0 saturated heterocycles. The molecule has 0 bridgehead atoms. The van der Waals surface area contributed by atoms with Crippen LogP contribution in [0.2, 0.25) is 0 Å². The molecule has 0 saturated carbocycles. The van der Waals surface area contributed by atoms with E-state index in [-0.39, 0.29) is 11.1 Å². The van der Waals surface area contributed by atoms with Crippen LogP contribution in [0, 0.1) is 11.3 Å². The number of alkyl halides is 1. The van der Waals surface area contributed by atoms with E-state index in [4.69, 9.17) is 10.4 Å². The molecule has 0 aliphatic carbocycles. The highest BCUT2D eigenvalue weighted by Crippen LogP contribution is 2.23. The van der Waals surface area contributed by atoms with Gasteiger partial charge in [0.05, 0.1) is 11.1 Å². The van der Waals surface area contributed by atoms with Crippen LogP contribution in [0.25, 0.3) is 0 Å². The quantitative estimate of drug-likeness (QED) is 0.642. The molecule has 3 nitrogen and oxygen atoms in total. The van der Waals surface area contributed by atoms with E-state index in [1.807, 2.05) is 6.07 Å².